The summed E-state index contributed by atoms with van der Waals surface area (Å²) in [5, 5.41) is 7.26. The van der Waals surface area contributed by atoms with Gasteiger partial charge >= 0.3 is 0 Å². The first kappa shape index (κ1) is 14.0. The predicted molar refractivity (Wildman–Crippen MR) is 79.6 cm³/mol. The molecule has 0 saturated carbocycles. The van der Waals surface area contributed by atoms with Gasteiger partial charge in [0.15, 0.2) is 5.11 Å². The van der Waals surface area contributed by atoms with Crippen LogP contribution in [0.15, 0.2) is 18.2 Å². The normalized spacial score (nSPS) is 12.0. The number of nitrogens with one attached hydrogen (secondary N) is 2. The van der Waals surface area contributed by atoms with Crippen molar-refractivity contribution < 1.29 is 0 Å². The van der Waals surface area contributed by atoms with Gasteiger partial charge in [-0.2, -0.15) is 0 Å². The minimum absolute atomic E-state index is 0.421. The Morgan fingerprint density at radius 2 is 2.06 bits per heavy atom. The van der Waals surface area contributed by atoms with Crippen molar-refractivity contribution in [2.45, 2.75) is 46.6 Å². The van der Waals surface area contributed by atoms with Crippen LogP contribution in [0.3, 0.4) is 0 Å². The molecule has 1 aromatic carbocycles. The molecule has 0 spiro atoms. The van der Waals surface area contributed by atoms with E-state index in [4.69, 9.17) is 12.2 Å². The van der Waals surface area contributed by atoms with Gasteiger partial charge in [-0.3, -0.25) is 0 Å². The van der Waals surface area contributed by atoms with E-state index in [2.05, 4.69) is 56.5 Å². The molecule has 2 N–H and O–H groups in total. The highest BCUT2D eigenvalue weighted by molar-refractivity contribution is 7.80. The molecule has 1 aromatic rings. The van der Waals surface area contributed by atoms with Crippen LogP contribution in [-0.2, 0) is 0 Å². The van der Waals surface area contributed by atoms with Crippen molar-refractivity contribution in [3.05, 3.63) is 29.3 Å². The van der Waals surface area contributed by atoms with Crippen LogP contribution < -0.4 is 10.6 Å². The lowest BCUT2D eigenvalue weighted by atomic mass is 10.1. The topological polar surface area (TPSA) is 24.1 Å². The van der Waals surface area contributed by atoms with Crippen LogP contribution in [0.1, 0.15) is 37.8 Å². The predicted octanol–water partition coefficient (Wildman–Crippen LogP) is 3.78. The van der Waals surface area contributed by atoms with E-state index in [1.807, 2.05) is 0 Å². The van der Waals surface area contributed by atoms with E-state index in [-0.39, 0.29) is 0 Å². The Kier molecular flexibility index (Phi) is 5.42. The van der Waals surface area contributed by atoms with Crippen molar-refractivity contribution in [1.29, 1.82) is 0 Å². The monoisotopic (exact) mass is 250 g/mol. The molecule has 94 valence electrons. The molecule has 2 nitrogen and oxygen atoms in total. The number of hydrogen-bond donors (Lipinski definition) is 2. The summed E-state index contributed by atoms with van der Waals surface area (Å²) in [4.78, 5) is 0. The minimum atomic E-state index is 0.421. The number of rotatable bonds is 4. The maximum atomic E-state index is 5.31. The summed E-state index contributed by atoms with van der Waals surface area (Å²) in [7, 11) is 0. The standard InChI is InChI=1S/C14H22N2S/c1-5-6-12(4)15-14(17)16-13-9-10(2)7-8-11(13)3/h7-9,12H,5-6H2,1-4H3,(H2,15,16,17)/t12-/m0/s1. The summed E-state index contributed by atoms with van der Waals surface area (Å²) >= 11 is 5.31. The molecule has 17 heavy (non-hydrogen) atoms. The Morgan fingerprint density at radius 3 is 2.71 bits per heavy atom. The van der Waals surface area contributed by atoms with Crippen molar-refractivity contribution >= 4 is 23.0 Å². The summed E-state index contributed by atoms with van der Waals surface area (Å²) < 4.78 is 0. The van der Waals surface area contributed by atoms with Gasteiger partial charge in [0.25, 0.3) is 0 Å². The minimum Gasteiger partial charge on any atom is -0.360 e. The molecule has 0 aliphatic rings. The molecule has 1 atom stereocenters. The maximum Gasteiger partial charge on any atom is 0.170 e. The van der Waals surface area contributed by atoms with Gasteiger partial charge in [0.2, 0.25) is 0 Å². The van der Waals surface area contributed by atoms with E-state index in [0.717, 1.165) is 12.1 Å². The Bertz CT molecular complexity index is 388. The third kappa shape index (κ3) is 4.73. The van der Waals surface area contributed by atoms with Gasteiger partial charge in [-0.1, -0.05) is 25.5 Å². The van der Waals surface area contributed by atoms with E-state index in [0.29, 0.717) is 11.2 Å². The van der Waals surface area contributed by atoms with Gasteiger partial charge in [0.1, 0.15) is 0 Å². The largest absolute Gasteiger partial charge is 0.360 e. The van der Waals surface area contributed by atoms with Gasteiger partial charge in [0.05, 0.1) is 0 Å². The number of thiocarbonyl (C=S) groups is 1. The second kappa shape index (κ2) is 6.60. The number of benzene rings is 1. The van der Waals surface area contributed by atoms with Crippen LogP contribution >= 0.6 is 12.2 Å². The van der Waals surface area contributed by atoms with Gasteiger partial charge < -0.3 is 10.6 Å². The lowest BCUT2D eigenvalue weighted by molar-refractivity contribution is 0.599. The molecular weight excluding hydrogens is 228 g/mol. The highest BCUT2D eigenvalue weighted by atomic mass is 32.1. The van der Waals surface area contributed by atoms with Crippen LogP contribution in [0.25, 0.3) is 0 Å². The first-order chi connectivity index (χ1) is 8.02. The Morgan fingerprint density at radius 1 is 1.35 bits per heavy atom. The molecular formula is C14H22N2S. The van der Waals surface area contributed by atoms with E-state index in [1.54, 1.807) is 0 Å². The zero-order valence-corrected chi connectivity index (χ0v) is 11.9. The molecule has 0 fully saturated rings. The quantitative estimate of drug-likeness (QED) is 0.795. The first-order valence-corrected chi connectivity index (χ1v) is 6.58. The van der Waals surface area contributed by atoms with Crippen LogP contribution in [0.2, 0.25) is 0 Å². The van der Waals surface area contributed by atoms with Crippen molar-refractivity contribution in [2.75, 3.05) is 5.32 Å². The highest BCUT2D eigenvalue weighted by Gasteiger charge is 2.04. The summed E-state index contributed by atoms with van der Waals surface area (Å²) in [6, 6.07) is 6.75. The maximum absolute atomic E-state index is 5.31. The average molecular weight is 250 g/mol. The molecule has 0 aliphatic carbocycles. The molecule has 0 amide bonds. The molecule has 0 aromatic heterocycles. The molecule has 0 bridgehead atoms. The fourth-order valence-electron chi connectivity index (χ4n) is 1.76. The van der Waals surface area contributed by atoms with Crippen LogP contribution in [0, 0.1) is 13.8 Å². The molecule has 3 heteroatoms. The Labute approximate surface area is 110 Å². The van der Waals surface area contributed by atoms with Crippen molar-refractivity contribution in [3.8, 4) is 0 Å². The molecule has 0 saturated heterocycles. The fourth-order valence-corrected chi connectivity index (χ4v) is 2.07. The van der Waals surface area contributed by atoms with Gasteiger partial charge in [-0.15, -0.1) is 0 Å². The van der Waals surface area contributed by atoms with Crippen LogP contribution in [-0.4, -0.2) is 11.2 Å². The Hall–Kier alpha value is -1.09. The number of hydrogen-bond acceptors (Lipinski definition) is 1. The molecule has 0 radical (unpaired) electrons. The van der Waals surface area contributed by atoms with Crippen LogP contribution in [0.4, 0.5) is 5.69 Å². The average Bonchev–Trinajstić information content (AvgIpc) is 2.23. The summed E-state index contributed by atoms with van der Waals surface area (Å²) in [5.41, 5.74) is 3.54. The van der Waals surface area contributed by atoms with Crippen molar-refractivity contribution in [3.63, 3.8) is 0 Å². The van der Waals surface area contributed by atoms with Gasteiger partial charge in [0, 0.05) is 11.7 Å². The van der Waals surface area contributed by atoms with Gasteiger partial charge in [-0.25, -0.2) is 0 Å². The zero-order valence-electron chi connectivity index (χ0n) is 11.1. The number of anilines is 1. The second-order valence-electron chi connectivity index (χ2n) is 4.61. The first-order valence-electron chi connectivity index (χ1n) is 6.17. The van der Waals surface area contributed by atoms with Crippen molar-refractivity contribution in [2.24, 2.45) is 0 Å². The second-order valence-corrected chi connectivity index (χ2v) is 5.01. The van der Waals surface area contributed by atoms with E-state index in [1.165, 1.54) is 17.5 Å². The molecule has 0 aliphatic heterocycles. The van der Waals surface area contributed by atoms with Crippen LogP contribution in [0.5, 0.6) is 0 Å². The molecule has 0 heterocycles. The highest BCUT2D eigenvalue weighted by Crippen LogP contribution is 2.16. The molecule has 1 rings (SSSR count). The lowest BCUT2D eigenvalue weighted by Crippen LogP contribution is -2.35. The SMILES string of the molecule is CCC[C@H](C)NC(=S)Nc1cc(C)ccc1C. The lowest BCUT2D eigenvalue weighted by Gasteiger charge is -2.17. The smallest absolute Gasteiger partial charge is 0.170 e. The number of aryl methyl sites for hydroxylation is 2. The third-order valence-corrected chi connectivity index (χ3v) is 2.96. The summed E-state index contributed by atoms with van der Waals surface area (Å²) in [6.45, 7) is 8.50. The van der Waals surface area contributed by atoms with Gasteiger partial charge in [-0.05, 0) is 56.6 Å². The van der Waals surface area contributed by atoms with Crippen molar-refractivity contribution in [1.82, 2.24) is 5.32 Å². The fraction of sp³-hybridized carbons (Fsp3) is 0.500. The summed E-state index contributed by atoms with van der Waals surface area (Å²) in [5.74, 6) is 0. The molecule has 0 unspecified atom stereocenters. The third-order valence-electron chi connectivity index (χ3n) is 2.74. The van der Waals surface area contributed by atoms with E-state index >= 15 is 0 Å². The van der Waals surface area contributed by atoms with E-state index < -0.39 is 0 Å². The summed E-state index contributed by atoms with van der Waals surface area (Å²) in [6.07, 6.45) is 2.30. The Balaban J connectivity index is 2.58. The van der Waals surface area contributed by atoms with E-state index in [9.17, 15) is 0 Å². The zero-order chi connectivity index (χ0) is 12.8.